The van der Waals surface area contributed by atoms with Crippen LogP contribution in [-0.4, -0.2) is 17.9 Å². The summed E-state index contributed by atoms with van der Waals surface area (Å²) in [5.74, 6) is 0. The third-order valence-corrected chi connectivity index (χ3v) is 2.39. The first-order valence-electron chi connectivity index (χ1n) is 3.47. The number of hydrogen-bond donors (Lipinski definition) is 1. The van der Waals surface area contributed by atoms with Gasteiger partial charge in [0.1, 0.15) is 6.17 Å². The summed E-state index contributed by atoms with van der Waals surface area (Å²) in [4.78, 5) is 0. The summed E-state index contributed by atoms with van der Waals surface area (Å²) in [7, 11) is 0. The molecule has 1 saturated carbocycles. The van der Waals surface area contributed by atoms with Crippen LogP contribution in [0.2, 0.25) is 0 Å². The lowest BCUT2D eigenvalue weighted by Crippen LogP contribution is -2.40. The second kappa shape index (κ2) is 2.25. The van der Waals surface area contributed by atoms with Crippen LogP contribution in [0.3, 0.4) is 0 Å². The molecule has 9 heavy (non-hydrogen) atoms. The van der Waals surface area contributed by atoms with Crippen molar-refractivity contribution in [1.29, 1.82) is 0 Å². The fourth-order valence-corrected chi connectivity index (χ4v) is 1.41. The number of aliphatic hydroxyl groups excluding tert-OH is 1. The lowest BCUT2D eigenvalue weighted by Gasteiger charge is -2.42. The largest absolute Gasteiger partial charge is 0.396 e. The summed E-state index contributed by atoms with van der Waals surface area (Å²) in [6, 6.07) is 0. The first-order valence-corrected chi connectivity index (χ1v) is 3.47. The van der Waals surface area contributed by atoms with Crippen LogP contribution in [0.15, 0.2) is 0 Å². The average Bonchev–Trinajstić information content (AvgIpc) is 1.81. The van der Waals surface area contributed by atoms with Crippen molar-refractivity contribution >= 4 is 0 Å². The van der Waals surface area contributed by atoms with Gasteiger partial charge < -0.3 is 5.11 Å². The maximum atomic E-state index is 12.3. The number of alkyl halides is 1. The van der Waals surface area contributed by atoms with Crippen LogP contribution in [0.4, 0.5) is 4.39 Å². The summed E-state index contributed by atoms with van der Waals surface area (Å²) in [6.45, 7) is 2.16. The molecule has 0 heterocycles. The molecule has 0 aromatic rings. The van der Waals surface area contributed by atoms with Crippen LogP contribution < -0.4 is 0 Å². The standard InChI is InChI=1S/C7H13FO/c1-2-7(5-9)3-6(8)4-7/h6,9H,2-5H2,1H3. The number of aliphatic hydroxyl groups is 1. The van der Waals surface area contributed by atoms with E-state index < -0.39 is 6.17 Å². The van der Waals surface area contributed by atoms with Crippen molar-refractivity contribution < 1.29 is 9.50 Å². The van der Waals surface area contributed by atoms with E-state index in [0.717, 1.165) is 6.42 Å². The van der Waals surface area contributed by atoms with Crippen LogP contribution in [0.25, 0.3) is 0 Å². The molecular weight excluding hydrogens is 119 g/mol. The summed E-state index contributed by atoms with van der Waals surface area (Å²) in [5.41, 5.74) is -0.0422. The molecule has 1 N–H and O–H groups in total. The molecule has 0 radical (unpaired) electrons. The normalized spacial score (nSPS) is 42.3. The minimum atomic E-state index is -0.642. The first-order chi connectivity index (χ1) is 4.22. The molecule has 1 fully saturated rings. The highest BCUT2D eigenvalue weighted by Crippen LogP contribution is 2.44. The smallest absolute Gasteiger partial charge is 0.101 e. The lowest BCUT2D eigenvalue weighted by molar-refractivity contribution is -0.0251. The van der Waals surface area contributed by atoms with Gasteiger partial charge in [-0.05, 0) is 24.7 Å². The molecule has 0 saturated heterocycles. The lowest BCUT2D eigenvalue weighted by atomic mass is 9.66. The quantitative estimate of drug-likeness (QED) is 0.603. The van der Waals surface area contributed by atoms with Gasteiger partial charge in [0, 0.05) is 6.61 Å². The topological polar surface area (TPSA) is 20.2 Å². The van der Waals surface area contributed by atoms with E-state index in [2.05, 4.69) is 0 Å². The molecule has 54 valence electrons. The van der Waals surface area contributed by atoms with E-state index in [1.54, 1.807) is 0 Å². The second-order valence-electron chi connectivity index (χ2n) is 3.02. The highest BCUT2D eigenvalue weighted by molar-refractivity contribution is 4.92. The van der Waals surface area contributed by atoms with Crippen molar-refractivity contribution in [2.75, 3.05) is 6.61 Å². The van der Waals surface area contributed by atoms with Crippen molar-refractivity contribution in [3.05, 3.63) is 0 Å². The van der Waals surface area contributed by atoms with Gasteiger partial charge in [0.25, 0.3) is 0 Å². The fourth-order valence-electron chi connectivity index (χ4n) is 1.41. The maximum absolute atomic E-state index is 12.3. The van der Waals surface area contributed by atoms with E-state index in [9.17, 15) is 4.39 Å². The minimum absolute atomic E-state index is 0.0422. The highest BCUT2D eigenvalue weighted by atomic mass is 19.1. The molecule has 1 aliphatic carbocycles. The summed E-state index contributed by atoms with van der Waals surface area (Å²) < 4.78 is 12.3. The first kappa shape index (κ1) is 7.00. The maximum Gasteiger partial charge on any atom is 0.101 e. The predicted octanol–water partition coefficient (Wildman–Crippen LogP) is 1.51. The summed E-state index contributed by atoms with van der Waals surface area (Å²) in [6.07, 6.45) is 1.40. The molecule has 0 bridgehead atoms. The Kier molecular flexibility index (Phi) is 1.75. The summed E-state index contributed by atoms with van der Waals surface area (Å²) >= 11 is 0. The Labute approximate surface area is 54.9 Å². The molecule has 1 aliphatic rings. The molecule has 0 atom stereocenters. The zero-order valence-electron chi connectivity index (χ0n) is 5.73. The van der Waals surface area contributed by atoms with Gasteiger partial charge in [-0.3, -0.25) is 0 Å². The fraction of sp³-hybridized carbons (Fsp3) is 1.00. The minimum Gasteiger partial charge on any atom is -0.396 e. The van der Waals surface area contributed by atoms with Gasteiger partial charge in [0.15, 0.2) is 0 Å². The molecule has 0 spiro atoms. The molecule has 0 aliphatic heterocycles. The van der Waals surface area contributed by atoms with Gasteiger partial charge in [0.05, 0.1) is 0 Å². The van der Waals surface area contributed by atoms with Crippen molar-refractivity contribution in [2.45, 2.75) is 32.4 Å². The Balaban J connectivity index is 2.36. The molecule has 2 heteroatoms. The Morgan fingerprint density at radius 3 is 2.33 bits per heavy atom. The van der Waals surface area contributed by atoms with Gasteiger partial charge in [-0.2, -0.15) is 0 Å². The third kappa shape index (κ3) is 1.08. The van der Waals surface area contributed by atoms with Crippen LogP contribution in [0.1, 0.15) is 26.2 Å². The van der Waals surface area contributed by atoms with Crippen molar-refractivity contribution in [3.63, 3.8) is 0 Å². The third-order valence-electron chi connectivity index (χ3n) is 2.39. The van der Waals surface area contributed by atoms with Gasteiger partial charge in [-0.25, -0.2) is 4.39 Å². The Morgan fingerprint density at radius 1 is 1.67 bits per heavy atom. The van der Waals surface area contributed by atoms with E-state index >= 15 is 0 Å². The highest BCUT2D eigenvalue weighted by Gasteiger charge is 2.42. The van der Waals surface area contributed by atoms with Crippen molar-refractivity contribution in [1.82, 2.24) is 0 Å². The van der Waals surface area contributed by atoms with Crippen LogP contribution in [0, 0.1) is 5.41 Å². The van der Waals surface area contributed by atoms with Crippen LogP contribution in [0.5, 0.6) is 0 Å². The molecule has 0 aromatic heterocycles. The number of rotatable bonds is 2. The van der Waals surface area contributed by atoms with E-state index in [0.29, 0.717) is 12.8 Å². The van der Waals surface area contributed by atoms with E-state index in [-0.39, 0.29) is 12.0 Å². The van der Waals surface area contributed by atoms with Crippen molar-refractivity contribution in [3.8, 4) is 0 Å². The Hall–Kier alpha value is -0.110. The second-order valence-corrected chi connectivity index (χ2v) is 3.02. The zero-order chi connectivity index (χ0) is 6.91. The molecule has 0 amide bonds. The van der Waals surface area contributed by atoms with Gasteiger partial charge in [-0.15, -0.1) is 0 Å². The van der Waals surface area contributed by atoms with Gasteiger partial charge in [-0.1, -0.05) is 6.92 Å². The van der Waals surface area contributed by atoms with E-state index in [1.165, 1.54) is 0 Å². The van der Waals surface area contributed by atoms with Crippen LogP contribution >= 0.6 is 0 Å². The predicted molar refractivity (Wildman–Crippen MR) is 33.9 cm³/mol. The number of hydrogen-bond acceptors (Lipinski definition) is 1. The Bertz CT molecular complexity index is 91.1. The molecule has 0 unspecified atom stereocenters. The summed E-state index contributed by atoms with van der Waals surface area (Å²) in [5, 5.41) is 8.79. The Morgan fingerprint density at radius 2 is 2.22 bits per heavy atom. The molecular formula is C7H13FO. The van der Waals surface area contributed by atoms with Crippen molar-refractivity contribution in [2.24, 2.45) is 5.41 Å². The number of halogens is 1. The SMILES string of the molecule is CCC1(CO)CC(F)C1. The molecule has 1 rings (SSSR count). The average molecular weight is 132 g/mol. The zero-order valence-corrected chi connectivity index (χ0v) is 5.73. The van der Waals surface area contributed by atoms with Gasteiger partial charge in [0.2, 0.25) is 0 Å². The molecule has 1 nitrogen and oxygen atoms in total. The monoisotopic (exact) mass is 132 g/mol. The van der Waals surface area contributed by atoms with E-state index in [4.69, 9.17) is 5.11 Å². The van der Waals surface area contributed by atoms with Gasteiger partial charge >= 0.3 is 0 Å². The van der Waals surface area contributed by atoms with E-state index in [1.807, 2.05) is 6.92 Å². The van der Waals surface area contributed by atoms with Crippen LogP contribution in [-0.2, 0) is 0 Å². The molecule has 0 aromatic carbocycles.